The number of guanidine groups is 1. The number of ether oxygens (including phenoxy) is 1. The van der Waals surface area contributed by atoms with Gasteiger partial charge in [0.05, 0.1) is 12.6 Å². The first-order chi connectivity index (χ1) is 12.3. The number of nitrogens with zero attached hydrogens (tertiary/aromatic N) is 1. The van der Waals surface area contributed by atoms with E-state index in [1.54, 1.807) is 12.1 Å². The van der Waals surface area contributed by atoms with E-state index in [4.69, 9.17) is 9.73 Å². The summed E-state index contributed by atoms with van der Waals surface area (Å²) in [6.45, 7) is 13.0. The minimum Gasteiger partial charge on any atom is -0.377 e. The van der Waals surface area contributed by atoms with Gasteiger partial charge in [-0.1, -0.05) is 39.8 Å². The molecule has 1 aliphatic carbocycles. The van der Waals surface area contributed by atoms with E-state index in [1.807, 2.05) is 6.07 Å². The summed E-state index contributed by atoms with van der Waals surface area (Å²) in [7, 11) is 0. The van der Waals surface area contributed by atoms with Gasteiger partial charge < -0.3 is 15.4 Å². The van der Waals surface area contributed by atoms with Crippen molar-refractivity contribution in [2.45, 2.75) is 58.6 Å². The number of halogens is 2. The molecule has 2 aliphatic rings. The third kappa shape index (κ3) is 4.58. The first kappa shape index (κ1) is 22.4. The third-order valence-corrected chi connectivity index (χ3v) is 5.98. The molecule has 1 saturated carbocycles. The van der Waals surface area contributed by atoms with Gasteiger partial charge in [0, 0.05) is 35.9 Å². The van der Waals surface area contributed by atoms with Crippen molar-refractivity contribution in [2.24, 2.45) is 16.3 Å². The highest BCUT2D eigenvalue weighted by molar-refractivity contribution is 14.0. The fraction of sp³-hybridized carbons (Fsp3) is 0.667. The molecule has 1 aromatic rings. The zero-order valence-corrected chi connectivity index (χ0v) is 19.3. The van der Waals surface area contributed by atoms with Crippen molar-refractivity contribution >= 4 is 29.9 Å². The molecular formula is C21H33FIN3O. The number of rotatable bonds is 5. The molecule has 2 fully saturated rings. The van der Waals surface area contributed by atoms with Crippen LogP contribution in [0, 0.1) is 17.2 Å². The SMILES string of the molecule is CCNC(=NCC(C)(C)c1cccc(F)c1)NC1C2CCOC2C1(C)C.I. The zero-order valence-electron chi connectivity index (χ0n) is 17.0. The summed E-state index contributed by atoms with van der Waals surface area (Å²) in [5.74, 6) is 1.19. The van der Waals surface area contributed by atoms with Gasteiger partial charge in [0.2, 0.25) is 0 Å². The average Bonchev–Trinajstić information content (AvgIpc) is 3.04. The molecule has 3 unspecified atom stereocenters. The van der Waals surface area contributed by atoms with E-state index in [0.717, 1.165) is 31.1 Å². The van der Waals surface area contributed by atoms with Crippen LogP contribution in [0.4, 0.5) is 4.39 Å². The third-order valence-electron chi connectivity index (χ3n) is 5.98. The summed E-state index contributed by atoms with van der Waals surface area (Å²) < 4.78 is 19.5. The Balaban J connectivity index is 0.00000261. The van der Waals surface area contributed by atoms with Gasteiger partial charge in [-0.15, -0.1) is 24.0 Å². The number of hydrogen-bond acceptors (Lipinski definition) is 2. The van der Waals surface area contributed by atoms with Crippen LogP contribution >= 0.6 is 24.0 Å². The van der Waals surface area contributed by atoms with E-state index in [0.29, 0.717) is 24.6 Å². The summed E-state index contributed by atoms with van der Waals surface area (Å²) in [6.07, 6.45) is 1.46. The standard InChI is InChI=1S/C21H32FN3O.HI/c1-6-23-19(25-17-16-10-11-26-18(16)21(17,4)5)24-13-20(2,3)14-8-7-9-15(22)12-14;/h7-9,12,16-18H,6,10-11,13H2,1-5H3,(H2,23,24,25);1H. The van der Waals surface area contributed by atoms with Crippen LogP contribution < -0.4 is 10.6 Å². The highest BCUT2D eigenvalue weighted by Crippen LogP contribution is 2.52. The molecule has 0 amide bonds. The second-order valence-corrected chi connectivity index (χ2v) is 8.78. The van der Waals surface area contributed by atoms with Crippen LogP contribution in [0.5, 0.6) is 0 Å². The highest BCUT2D eigenvalue weighted by atomic mass is 127. The number of nitrogens with one attached hydrogen (secondary N) is 2. The van der Waals surface area contributed by atoms with E-state index in [1.165, 1.54) is 6.07 Å². The molecule has 0 bridgehead atoms. The maximum atomic E-state index is 13.6. The first-order valence-electron chi connectivity index (χ1n) is 9.68. The smallest absolute Gasteiger partial charge is 0.191 e. The number of benzene rings is 1. The predicted octanol–water partition coefficient (Wildman–Crippen LogP) is 4.09. The van der Waals surface area contributed by atoms with Crippen molar-refractivity contribution in [3.63, 3.8) is 0 Å². The van der Waals surface area contributed by atoms with Gasteiger partial charge in [0.15, 0.2) is 5.96 Å². The van der Waals surface area contributed by atoms with E-state index < -0.39 is 0 Å². The summed E-state index contributed by atoms with van der Waals surface area (Å²) in [4.78, 5) is 4.82. The number of fused-ring (bicyclic) bond motifs is 1. The summed E-state index contributed by atoms with van der Waals surface area (Å²) in [6, 6.07) is 7.18. The molecule has 6 heteroatoms. The Hall–Kier alpha value is -0.890. The average molecular weight is 489 g/mol. The molecule has 0 radical (unpaired) electrons. The Bertz CT molecular complexity index is 677. The van der Waals surface area contributed by atoms with Crippen molar-refractivity contribution in [3.05, 3.63) is 35.6 Å². The predicted molar refractivity (Wildman–Crippen MR) is 119 cm³/mol. The molecule has 4 nitrogen and oxygen atoms in total. The van der Waals surface area contributed by atoms with Crippen molar-refractivity contribution in [1.82, 2.24) is 10.6 Å². The molecule has 27 heavy (non-hydrogen) atoms. The van der Waals surface area contributed by atoms with Crippen LogP contribution in [0.25, 0.3) is 0 Å². The van der Waals surface area contributed by atoms with Crippen LogP contribution in [-0.2, 0) is 10.2 Å². The number of aliphatic imine (C=N–C) groups is 1. The Labute approximate surface area is 179 Å². The monoisotopic (exact) mass is 489 g/mol. The Morgan fingerprint density at radius 3 is 2.78 bits per heavy atom. The largest absolute Gasteiger partial charge is 0.377 e. The molecule has 0 aromatic heterocycles. The van der Waals surface area contributed by atoms with Crippen LogP contribution in [0.1, 0.15) is 46.6 Å². The van der Waals surface area contributed by atoms with Crippen LogP contribution in [0.3, 0.4) is 0 Å². The maximum absolute atomic E-state index is 13.6. The highest BCUT2D eigenvalue weighted by Gasteiger charge is 2.59. The topological polar surface area (TPSA) is 45.7 Å². The van der Waals surface area contributed by atoms with Gasteiger partial charge in [-0.2, -0.15) is 0 Å². The van der Waals surface area contributed by atoms with Crippen molar-refractivity contribution < 1.29 is 9.13 Å². The minimum absolute atomic E-state index is 0. The van der Waals surface area contributed by atoms with E-state index in [2.05, 4.69) is 45.3 Å². The van der Waals surface area contributed by atoms with Gasteiger partial charge in [-0.05, 0) is 31.0 Å². The lowest BCUT2D eigenvalue weighted by Gasteiger charge is -2.55. The molecule has 3 rings (SSSR count). The van der Waals surface area contributed by atoms with Crippen LogP contribution in [0.15, 0.2) is 29.3 Å². The van der Waals surface area contributed by atoms with E-state index >= 15 is 0 Å². The fourth-order valence-electron chi connectivity index (χ4n) is 4.36. The Kier molecular flexibility index (Phi) is 7.17. The Morgan fingerprint density at radius 2 is 2.11 bits per heavy atom. The molecule has 1 aromatic carbocycles. The maximum Gasteiger partial charge on any atom is 0.191 e. The molecule has 0 spiro atoms. The first-order valence-corrected chi connectivity index (χ1v) is 9.68. The molecule has 3 atom stereocenters. The lowest BCUT2D eigenvalue weighted by molar-refractivity contribution is -0.106. The van der Waals surface area contributed by atoms with Gasteiger partial charge >= 0.3 is 0 Å². The summed E-state index contributed by atoms with van der Waals surface area (Å²) in [5.41, 5.74) is 0.832. The van der Waals surface area contributed by atoms with E-state index in [9.17, 15) is 4.39 Å². The molecule has 1 aliphatic heterocycles. The van der Waals surface area contributed by atoms with Crippen molar-refractivity contribution in [3.8, 4) is 0 Å². The molecule has 2 N–H and O–H groups in total. The van der Waals surface area contributed by atoms with E-state index in [-0.39, 0.29) is 40.6 Å². The zero-order chi connectivity index (χ0) is 18.9. The van der Waals surface area contributed by atoms with Crippen LogP contribution in [0.2, 0.25) is 0 Å². The molecule has 152 valence electrons. The summed E-state index contributed by atoms with van der Waals surface area (Å²) in [5, 5.41) is 7.00. The second kappa shape index (κ2) is 8.64. The van der Waals surface area contributed by atoms with Crippen LogP contribution in [-0.4, -0.2) is 37.8 Å². The lowest BCUT2D eigenvalue weighted by atomic mass is 9.57. The van der Waals surface area contributed by atoms with Gasteiger partial charge in [-0.3, -0.25) is 4.99 Å². The van der Waals surface area contributed by atoms with Crippen molar-refractivity contribution in [1.29, 1.82) is 0 Å². The van der Waals surface area contributed by atoms with Gasteiger partial charge in [0.1, 0.15) is 5.82 Å². The number of hydrogen-bond donors (Lipinski definition) is 2. The summed E-state index contributed by atoms with van der Waals surface area (Å²) >= 11 is 0. The Morgan fingerprint density at radius 1 is 1.37 bits per heavy atom. The normalized spacial score (nSPS) is 26.6. The second-order valence-electron chi connectivity index (χ2n) is 8.78. The van der Waals surface area contributed by atoms with Gasteiger partial charge in [0.25, 0.3) is 0 Å². The quantitative estimate of drug-likeness (QED) is 0.372. The fourth-order valence-corrected chi connectivity index (χ4v) is 4.36. The molecule has 1 heterocycles. The van der Waals surface area contributed by atoms with Gasteiger partial charge in [-0.25, -0.2) is 4.39 Å². The lowest BCUT2D eigenvalue weighted by Crippen LogP contribution is -2.68. The molecular weight excluding hydrogens is 456 g/mol. The molecule has 1 saturated heterocycles. The minimum atomic E-state index is -0.238. The van der Waals surface area contributed by atoms with Crippen molar-refractivity contribution in [2.75, 3.05) is 19.7 Å².